The van der Waals surface area contributed by atoms with Crippen molar-refractivity contribution < 1.29 is 19.5 Å². The molecule has 0 aromatic carbocycles. The molecular formula is C15H24N2O4S. The average molecular weight is 328 g/mol. The summed E-state index contributed by atoms with van der Waals surface area (Å²) in [5.41, 5.74) is -1.16. The molecule has 2 aliphatic heterocycles. The molecule has 2 aliphatic rings. The highest BCUT2D eigenvalue weighted by molar-refractivity contribution is 7.99. The van der Waals surface area contributed by atoms with Gasteiger partial charge in [0.15, 0.2) is 0 Å². The van der Waals surface area contributed by atoms with Crippen molar-refractivity contribution in [1.82, 2.24) is 10.2 Å². The number of thioether (sulfide) groups is 1. The van der Waals surface area contributed by atoms with E-state index >= 15 is 0 Å². The molecule has 2 heterocycles. The van der Waals surface area contributed by atoms with Crippen molar-refractivity contribution in [2.75, 3.05) is 24.6 Å². The van der Waals surface area contributed by atoms with Crippen molar-refractivity contribution in [3.05, 3.63) is 0 Å². The third-order valence-electron chi connectivity index (χ3n) is 4.39. The predicted octanol–water partition coefficient (Wildman–Crippen LogP) is 1.25. The summed E-state index contributed by atoms with van der Waals surface area (Å²) in [6.45, 7) is 0.559. The van der Waals surface area contributed by atoms with Crippen molar-refractivity contribution in [2.45, 2.75) is 50.5 Å². The van der Waals surface area contributed by atoms with Crippen LogP contribution < -0.4 is 5.32 Å². The quantitative estimate of drug-likeness (QED) is 0.811. The van der Waals surface area contributed by atoms with Gasteiger partial charge in [-0.3, -0.25) is 9.59 Å². The smallest absolute Gasteiger partial charge is 0.329 e. The van der Waals surface area contributed by atoms with Crippen molar-refractivity contribution in [3.63, 3.8) is 0 Å². The van der Waals surface area contributed by atoms with E-state index in [1.54, 1.807) is 16.7 Å². The fourth-order valence-corrected chi connectivity index (χ4v) is 4.16. The normalized spacial score (nSPS) is 22.5. The van der Waals surface area contributed by atoms with Gasteiger partial charge in [0.1, 0.15) is 5.54 Å². The number of nitrogens with one attached hydrogen (secondary N) is 1. The molecule has 0 atom stereocenters. The number of nitrogens with zero attached hydrogens (tertiary/aromatic N) is 1. The highest BCUT2D eigenvalue weighted by atomic mass is 32.2. The van der Waals surface area contributed by atoms with Crippen LogP contribution in [0.2, 0.25) is 0 Å². The topological polar surface area (TPSA) is 86.7 Å². The van der Waals surface area contributed by atoms with Gasteiger partial charge in [0.05, 0.1) is 6.54 Å². The summed E-state index contributed by atoms with van der Waals surface area (Å²) in [7, 11) is 0. The minimum atomic E-state index is -1.16. The first-order valence-corrected chi connectivity index (χ1v) is 9.09. The minimum Gasteiger partial charge on any atom is -0.480 e. The second-order valence-electron chi connectivity index (χ2n) is 6.03. The van der Waals surface area contributed by atoms with Crippen LogP contribution >= 0.6 is 11.8 Å². The first kappa shape index (κ1) is 17.1. The molecular weight excluding hydrogens is 304 g/mol. The van der Waals surface area contributed by atoms with E-state index in [-0.39, 0.29) is 18.4 Å². The van der Waals surface area contributed by atoms with Gasteiger partial charge in [0.25, 0.3) is 0 Å². The Balaban J connectivity index is 1.95. The number of carbonyl (C=O) groups is 3. The third-order valence-corrected chi connectivity index (χ3v) is 5.38. The fourth-order valence-electron chi connectivity index (χ4n) is 2.97. The van der Waals surface area contributed by atoms with Crippen molar-refractivity contribution in [1.29, 1.82) is 0 Å². The molecule has 22 heavy (non-hydrogen) atoms. The molecule has 0 aliphatic carbocycles. The molecule has 2 N–H and O–H groups in total. The molecule has 0 aromatic heterocycles. The van der Waals surface area contributed by atoms with Crippen LogP contribution in [0.1, 0.15) is 44.9 Å². The number of carbonyl (C=O) groups excluding carboxylic acids is 2. The molecule has 0 bridgehead atoms. The van der Waals surface area contributed by atoms with E-state index in [0.29, 0.717) is 25.8 Å². The van der Waals surface area contributed by atoms with E-state index in [2.05, 4.69) is 5.32 Å². The molecule has 0 aromatic rings. The summed E-state index contributed by atoms with van der Waals surface area (Å²) in [5.74, 6) is 0.131. The van der Waals surface area contributed by atoms with Gasteiger partial charge in [-0.2, -0.15) is 11.8 Å². The van der Waals surface area contributed by atoms with Crippen molar-refractivity contribution in [2.24, 2.45) is 0 Å². The molecule has 7 heteroatoms. The number of amides is 2. The van der Waals surface area contributed by atoms with Gasteiger partial charge in [-0.15, -0.1) is 0 Å². The Bertz CT molecular complexity index is 435. The van der Waals surface area contributed by atoms with E-state index in [4.69, 9.17) is 0 Å². The molecule has 2 saturated heterocycles. The number of carboxylic acid groups (broad SMARTS) is 1. The molecule has 0 unspecified atom stereocenters. The van der Waals surface area contributed by atoms with E-state index < -0.39 is 11.5 Å². The van der Waals surface area contributed by atoms with Gasteiger partial charge in [-0.25, -0.2) is 4.79 Å². The first-order valence-electron chi connectivity index (χ1n) is 7.93. The highest BCUT2D eigenvalue weighted by Gasteiger charge is 2.41. The number of hydrogen-bond donors (Lipinski definition) is 2. The van der Waals surface area contributed by atoms with Crippen LogP contribution in [0.5, 0.6) is 0 Å². The summed E-state index contributed by atoms with van der Waals surface area (Å²) in [6.07, 6.45) is 5.26. The lowest BCUT2D eigenvalue weighted by atomic mass is 9.92. The SMILES string of the molecule is O=C(CN1CCCCCCC1=O)NC1(C(=O)O)CCSCC1. The molecule has 6 nitrogen and oxygen atoms in total. The highest BCUT2D eigenvalue weighted by Crippen LogP contribution is 2.27. The minimum absolute atomic E-state index is 0.00146. The number of likely N-dealkylation sites (tertiary alicyclic amines) is 1. The van der Waals surface area contributed by atoms with Gasteiger partial charge in [0, 0.05) is 13.0 Å². The maximum atomic E-state index is 12.3. The zero-order valence-corrected chi connectivity index (χ0v) is 13.6. The van der Waals surface area contributed by atoms with E-state index in [1.165, 1.54) is 0 Å². The van der Waals surface area contributed by atoms with E-state index in [9.17, 15) is 19.5 Å². The maximum absolute atomic E-state index is 12.3. The Morgan fingerprint density at radius 3 is 2.55 bits per heavy atom. The van der Waals surface area contributed by atoms with Gasteiger partial charge in [0.2, 0.25) is 11.8 Å². The maximum Gasteiger partial charge on any atom is 0.329 e. The van der Waals surface area contributed by atoms with Gasteiger partial charge >= 0.3 is 5.97 Å². The summed E-state index contributed by atoms with van der Waals surface area (Å²) in [6, 6.07) is 0. The molecule has 0 saturated carbocycles. The Morgan fingerprint density at radius 2 is 1.86 bits per heavy atom. The molecule has 2 fully saturated rings. The second-order valence-corrected chi connectivity index (χ2v) is 7.25. The lowest BCUT2D eigenvalue weighted by Crippen LogP contribution is -2.58. The second kappa shape index (κ2) is 7.85. The van der Waals surface area contributed by atoms with Crippen LogP contribution in [-0.2, 0) is 14.4 Å². The van der Waals surface area contributed by atoms with Gasteiger partial charge in [-0.05, 0) is 37.2 Å². The lowest BCUT2D eigenvalue weighted by Gasteiger charge is -2.34. The zero-order chi connectivity index (χ0) is 16.0. The number of carboxylic acids is 1. The largest absolute Gasteiger partial charge is 0.480 e. The third kappa shape index (κ3) is 4.38. The predicted molar refractivity (Wildman–Crippen MR) is 84.7 cm³/mol. The number of rotatable bonds is 4. The summed E-state index contributed by atoms with van der Waals surface area (Å²) < 4.78 is 0. The van der Waals surface area contributed by atoms with Crippen LogP contribution in [0.15, 0.2) is 0 Å². The van der Waals surface area contributed by atoms with Crippen LogP contribution in [-0.4, -0.2) is 57.9 Å². The molecule has 2 amide bonds. The van der Waals surface area contributed by atoms with E-state index in [0.717, 1.165) is 37.2 Å². The van der Waals surface area contributed by atoms with Crippen molar-refractivity contribution in [3.8, 4) is 0 Å². The van der Waals surface area contributed by atoms with Gasteiger partial charge < -0.3 is 15.3 Å². The Morgan fingerprint density at radius 1 is 1.18 bits per heavy atom. The van der Waals surface area contributed by atoms with E-state index in [1.807, 2.05) is 0 Å². The Hall–Kier alpha value is -1.24. The van der Waals surface area contributed by atoms with Gasteiger partial charge in [-0.1, -0.05) is 12.8 Å². The Labute approximate surface area is 135 Å². The lowest BCUT2D eigenvalue weighted by molar-refractivity contribution is -0.148. The number of hydrogen-bond acceptors (Lipinski definition) is 4. The molecule has 0 spiro atoms. The van der Waals surface area contributed by atoms with Crippen LogP contribution in [0.3, 0.4) is 0 Å². The zero-order valence-electron chi connectivity index (χ0n) is 12.8. The molecule has 2 rings (SSSR count). The van der Waals surface area contributed by atoms with Crippen LogP contribution in [0, 0.1) is 0 Å². The van der Waals surface area contributed by atoms with Crippen LogP contribution in [0.25, 0.3) is 0 Å². The Kier molecular flexibility index (Phi) is 6.11. The standard InChI is InChI=1S/C15H24N2O4S/c18-12(11-17-8-4-2-1-3-5-13(17)19)16-15(14(20)21)6-9-22-10-7-15/h1-11H2,(H,16,18)(H,20,21). The number of aliphatic carboxylic acids is 1. The fraction of sp³-hybridized carbons (Fsp3) is 0.800. The molecule has 0 radical (unpaired) electrons. The van der Waals surface area contributed by atoms with Crippen molar-refractivity contribution >= 4 is 29.5 Å². The first-order chi connectivity index (χ1) is 10.5. The van der Waals surface area contributed by atoms with Crippen LogP contribution in [0.4, 0.5) is 0 Å². The summed E-state index contributed by atoms with van der Waals surface area (Å²) >= 11 is 1.70. The summed E-state index contributed by atoms with van der Waals surface area (Å²) in [4.78, 5) is 37.4. The monoisotopic (exact) mass is 328 g/mol. The average Bonchev–Trinajstić information content (AvgIpc) is 2.48. The summed E-state index contributed by atoms with van der Waals surface area (Å²) in [5, 5.41) is 12.2. The molecule has 124 valence electrons.